The number of anilines is 1. The predicted octanol–water partition coefficient (Wildman–Crippen LogP) is 3.19. The molecule has 0 aromatic carbocycles. The number of nitrogens with one attached hydrogen (secondary N) is 1. The van der Waals surface area contributed by atoms with Gasteiger partial charge in [-0.25, -0.2) is 15.0 Å². The highest BCUT2D eigenvalue weighted by Gasteiger charge is 2.38. The van der Waals surface area contributed by atoms with E-state index in [2.05, 4.69) is 20.3 Å². The molecule has 0 saturated heterocycles. The Balaban J connectivity index is 1.42. The Labute approximate surface area is 168 Å². The summed E-state index contributed by atoms with van der Waals surface area (Å²) in [6, 6.07) is 0. The quantitative estimate of drug-likeness (QED) is 0.834. The zero-order chi connectivity index (χ0) is 19.4. The minimum absolute atomic E-state index is 0.0404. The fourth-order valence-electron chi connectivity index (χ4n) is 4.40. The number of fused-ring (bicyclic) bond motifs is 1. The van der Waals surface area contributed by atoms with E-state index in [-0.39, 0.29) is 17.2 Å². The Morgan fingerprint density at radius 2 is 2.04 bits per heavy atom. The molecule has 2 aromatic rings. The second kappa shape index (κ2) is 8.34. The van der Waals surface area contributed by atoms with Crippen LogP contribution < -0.4 is 5.32 Å². The van der Waals surface area contributed by atoms with Crippen LogP contribution in [0.25, 0.3) is 0 Å². The summed E-state index contributed by atoms with van der Waals surface area (Å²) in [5.41, 5.74) is 1.82. The van der Waals surface area contributed by atoms with Gasteiger partial charge in [0.15, 0.2) is 5.13 Å². The summed E-state index contributed by atoms with van der Waals surface area (Å²) >= 11 is 1.41. The van der Waals surface area contributed by atoms with Gasteiger partial charge in [-0.3, -0.25) is 9.59 Å². The summed E-state index contributed by atoms with van der Waals surface area (Å²) in [7, 11) is 0. The van der Waals surface area contributed by atoms with Crippen molar-refractivity contribution in [2.24, 2.45) is 5.41 Å². The molecule has 148 valence electrons. The van der Waals surface area contributed by atoms with E-state index in [1.807, 2.05) is 16.5 Å². The van der Waals surface area contributed by atoms with Crippen molar-refractivity contribution in [1.82, 2.24) is 19.9 Å². The zero-order valence-electron chi connectivity index (χ0n) is 15.9. The standard InChI is InChI=1S/C20H25N5O2S/c26-17(24-19-22-7-9-28-19)10-20(5-2-1-3-6-20)11-18(27)25-8-4-15-12-21-14-23-16(15)13-25/h7,9,12,14H,1-6,8,10-11,13H2,(H,22,24,26). The van der Waals surface area contributed by atoms with Crippen LogP contribution in [-0.4, -0.2) is 38.2 Å². The zero-order valence-corrected chi connectivity index (χ0v) is 16.7. The number of hydrogen-bond donors (Lipinski definition) is 1. The third-order valence-corrected chi connectivity index (χ3v) is 6.57. The molecule has 0 spiro atoms. The van der Waals surface area contributed by atoms with Gasteiger partial charge in [0, 0.05) is 37.2 Å². The van der Waals surface area contributed by atoms with Crippen LogP contribution in [-0.2, 0) is 22.6 Å². The molecule has 2 aliphatic rings. The van der Waals surface area contributed by atoms with Crippen molar-refractivity contribution < 1.29 is 9.59 Å². The van der Waals surface area contributed by atoms with Crippen molar-refractivity contribution in [2.45, 2.75) is 57.9 Å². The van der Waals surface area contributed by atoms with Crippen molar-refractivity contribution in [3.05, 3.63) is 35.4 Å². The first-order valence-corrected chi connectivity index (χ1v) is 10.8. The minimum atomic E-state index is -0.247. The topological polar surface area (TPSA) is 88.1 Å². The van der Waals surface area contributed by atoms with Crippen LogP contribution in [0.4, 0.5) is 5.13 Å². The van der Waals surface area contributed by atoms with Crippen LogP contribution in [0, 0.1) is 5.41 Å². The molecular formula is C20H25N5O2S. The van der Waals surface area contributed by atoms with Gasteiger partial charge < -0.3 is 10.2 Å². The number of carbonyl (C=O) groups excluding carboxylic acids is 2. The van der Waals surface area contributed by atoms with Crippen LogP contribution >= 0.6 is 11.3 Å². The summed E-state index contributed by atoms with van der Waals surface area (Å²) in [5, 5.41) is 5.35. The lowest BCUT2D eigenvalue weighted by atomic mass is 9.69. The van der Waals surface area contributed by atoms with Crippen molar-refractivity contribution in [2.75, 3.05) is 11.9 Å². The molecule has 7 nitrogen and oxygen atoms in total. The third kappa shape index (κ3) is 4.38. The Morgan fingerprint density at radius 1 is 1.18 bits per heavy atom. The van der Waals surface area contributed by atoms with E-state index < -0.39 is 0 Å². The number of hydrogen-bond acceptors (Lipinski definition) is 6. The van der Waals surface area contributed by atoms with Crippen molar-refractivity contribution in [3.8, 4) is 0 Å². The molecule has 3 heterocycles. The molecule has 28 heavy (non-hydrogen) atoms. The SMILES string of the molecule is O=C(CC1(CC(=O)N2CCc3cncnc3C2)CCCCC1)Nc1nccs1. The molecule has 1 aliphatic carbocycles. The molecule has 8 heteroatoms. The molecule has 2 aromatic heterocycles. The van der Waals surface area contributed by atoms with Gasteiger partial charge in [0.05, 0.1) is 12.2 Å². The highest BCUT2D eigenvalue weighted by molar-refractivity contribution is 7.13. The minimum Gasteiger partial charge on any atom is -0.336 e. The lowest BCUT2D eigenvalue weighted by Gasteiger charge is -2.38. The van der Waals surface area contributed by atoms with E-state index in [1.54, 1.807) is 12.5 Å². The molecule has 0 unspecified atom stereocenters. The van der Waals surface area contributed by atoms with E-state index in [0.29, 0.717) is 31.1 Å². The average Bonchev–Trinajstić information content (AvgIpc) is 3.21. The van der Waals surface area contributed by atoms with E-state index >= 15 is 0 Å². The predicted molar refractivity (Wildman–Crippen MR) is 107 cm³/mol. The molecule has 0 atom stereocenters. The molecule has 1 fully saturated rings. The molecular weight excluding hydrogens is 374 g/mol. The first-order valence-electron chi connectivity index (χ1n) is 9.88. The van der Waals surface area contributed by atoms with Crippen LogP contribution in [0.1, 0.15) is 56.2 Å². The van der Waals surface area contributed by atoms with E-state index in [4.69, 9.17) is 0 Å². The number of thiazole rings is 1. The van der Waals surface area contributed by atoms with Crippen LogP contribution in [0.15, 0.2) is 24.1 Å². The molecule has 1 aliphatic heterocycles. The van der Waals surface area contributed by atoms with Crippen LogP contribution in [0.2, 0.25) is 0 Å². The Kier molecular flexibility index (Phi) is 5.66. The largest absolute Gasteiger partial charge is 0.336 e. The molecule has 1 saturated carbocycles. The molecule has 2 amide bonds. The highest BCUT2D eigenvalue weighted by Crippen LogP contribution is 2.43. The summed E-state index contributed by atoms with van der Waals surface area (Å²) in [4.78, 5) is 40.2. The van der Waals surface area contributed by atoms with Gasteiger partial charge in [0.2, 0.25) is 11.8 Å². The molecule has 0 radical (unpaired) electrons. The van der Waals surface area contributed by atoms with Gasteiger partial charge >= 0.3 is 0 Å². The lowest BCUT2D eigenvalue weighted by Crippen LogP contribution is -2.41. The van der Waals surface area contributed by atoms with Crippen molar-refractivity contribution in [3.63, 3.8) is 0 Å². The summed E-state index contributed by atoms with van der Waals surface area (Å²) in [6.07, 6.45) is 11.8. The van der Waals surface area contributed by atoms with Crippen molar-refractivity contribution >= 4 is 28.3 Å². The number of nitrogens with zero attached hydrogens (tertiary/aromatic N) is 4. The lowest BCUT2D eigenvalue weighted by molar-refractivity contribution is -0.136. The number of rotatable bonds is 5. The first kappa shape index (κ1) is 19.0. The number of carbonyl (C=O) groups is 2. The van der Waals surface area contributed by atoms with Gasteiger partial charge in [-0.05, 0) is 30.2 Å². The first-order chi connectivity index (χ1) is 13.6. The molecule has 1 N–H and O–H groups in total. The van der Waals surface area contributed by atoms with Crippen LogP contribution in [0.5, 0.6) is 0 Å². The van der Waals surface area contributed by atoms with E-state index in [1.165, 1.54) is 17.8 Å². The monoisotopic (exact) mass is 399 g/mol. The second-order valence-corrected chi connectivity index (χ2v) is 8.75. The van der Waals surface area contributed by atoms with Crippen LogP contribution in [0.3, 0.4) is 0 Å². The number of amides is 2. The van der Waals surface area contributed by atoms with E-state index in [9.17, 15) is 9.59 Å². The highest BCUT2D eigenvalue weighted by atomic mass is 32.1. The summed E-state index contributed by atoms with van der Waals surface area (Å²) in [6.45, 7) is 1.23. The Hall–Kier alpha value is -2.35. The number of aromatic nitrogens is 3. The normalized spacial score (nSPS) is 18.4. The van der Waals surface area contributed by atoms with E-state index in [0.717, 1.165) is 43.4 Å². The average molecular weight is 400 g/mol. The maximum absolute atomic E-state index is 13.1. The Bertz CT molecular complexity index is 833. The van der Waals surface area contributed by atoms with Gasteiger partial charge in [-0.2, -0.15) is 0 Å². The summed E-state index contributed by atoms with van der Waals surface area (Å²) < 4.78 is 0. The second-order valence-electron chi connectivity index (χ2n) is 7.86. The Morgan fingerprint density at radius 3 is 2.82 bits per heavy atom. The smallest absolute Gasteiger partial charge is 0.226 e. The summed E-state index contributed by atoms with van der Waals surface area (Å²) in [5.74, 6) is 0.0922. The maximum Gasteiger partial charge on any atom is 0.226 e. The molecule has 4 rings (SSSR count). The van der Waals surface area contributed by atoms with Gasteiger partial charge in [0.25, 0.3) is 0 Å². The van der Waals surface area contributed by atoms with Gasteiger partial charge in [0.1, 0.15) is 6.33 Å². The third-order valence-electron chi connectivity index (χ3n) is 5.88. The van der Waals surface area contributed by atoms with Crippen molar-refractivity contribution in [1.29, 1.82) is 0 Å². The maximum atomic E-state index is 13.1. The van der Waals surface area contributed by atoms with Gasteiger partial charge in [-0.15, -0.1) is 11.3 Å². The molecule has 0 bridgehead atoms. The fraction of sp³-hybridized carbons (Fsp3) is 0.550. The van der Waals surface area contributed by atoms with Gasteiger partial charge in [-0.1, -0.05) is 19.3 Å². The fourth-order valence-corrected chi connectivity index (χ4v) is 4.95.